The summed E-state index contributed by atoms with van der Waals surface area (Å²) in [6.07, 6.45) is 5.03. The van der Waals surface area contributed by atoms with Crippen LogP contribution >= 0.6 is 0 Å². The van der Waals surface area contributed by atoms with E-state index in [4.69, 9.17) is 5.26 Å². The Morgan fingerprint density at radius 2 is 2.31 bits per heavy atom. The number of rotatable bonds is 2. The monoisotopic (exact) mass is 172 g/mol. The first-order chi connectivity index (χ1) is 6.24. The molecule has 2 nitrogen and oxygen atoms in total. The van der Waals surface area contributed by atoms with E-state index in [9.17, 15) is 0 Å². The fourth-order valence-corrected chi connectivity index (χ4v) is 1.02. The van der Waals surface area contributed by atoms with Crippen molar-refractivity contribution in [2.24, 2.45) is 0 Å². The SMILES string of the molecule is CC(C)c1cc(/C=C/C#N)ccn1. The van der Waals surface area contributed by atoms with Gasteiger partial charge in [-0.2, -0.15) is 5.26 Å². The van der Waals surface area contributed by atoms with Crippen LogP contribution in [-0.2, 0) is 0 Å². The Hall–Kier alpha value is -1.62. The Bertz CT molecular complexity index is 345. The molecule has 0 aromatic carbocycles. The maximum absolute atomic E-state index is 8.35. The second-order valence-corrected chi connectivity index (χ2v) is 3.13. The molecule has 66 valence electrons. The molecule has 0 atom stereocenters. The second-order valence-electron chi connectivity index (χ2n) is 3.13. The lowest BCUT2D eigenvalue weighted by Crippen LogP contribution is -1.91. The predicted molar refractivity (Wildman–Crippen MR) is 53.0 cm³/mol. The summed E-state index contributed by atoms with van der Waals surface area (Å²) < 4.78 is 0. The third-order valence-electron chi connectivity index (χ3n) is 1.75. The molecular formula is C11H12N2. The molecule has 0 aliphatic rings. The van der Waals surface area contributed by atoms with Crippen molar-refractivity contribution in [1.82, 2.24) is 4.98 Å². The summed E-state index contributed by atoms with van der Waals surface area (Å²) >= 11 is 0. The van der Waals surface area contributed by atoms with Crippen LogP contribution in [0.3, 0.4) is 0 Å². The van der Waals surface area contributed by atoms with E-state index in [1.54, 1.807) is 12.3 Å². The zero-order chi connectivity index (χ0) is 9.68. The summed E-state index contributed by atoms with van der Waals surface area (Å²) in [5, 5.41) is 8.35. The Morgan fingerprint density at radius 3 is 2.92 bits per heavy atom. The first-order valence-corrected chi connectivity index (χ1v) is 4.26. The molecular weight excluding hydrogens is 160 g/mol. The van der Waals surface area contributed by atoms with E-state index >= 15 is 0 Å². The number of allylic oxidation sites excluding steroid dienone is 1. The van der Waals surface area contributed by atoms with E-state index in [0.29, 0.717) is 5.92 Å². The molecule has 0 radical (unpaired) electrons. The van der Waals surface area contributed by atoms with Gasteiger partial charge in [-0.1, -0.05) is 13.8 Å². The van der Waals surface area contributed by atoms with Crippen molar-refractivity contribution < 1.29 is 0 Å². The molecule has 0 aliphatic carbocycles. The third kappa shape index (κ3) is 2.72. The Balaban J connectivity index is 2.93. The van der Waals surface area contributed by atoms with E-state index in [1.807, 2.05) is 18.2 Å². The fourth-order valence-electron chi connectivity index (χ4n) is 1.02. The van der Waals surface area contributed by atoms with Gasteiger partial charge < -0.3 is 0 Å². The molecule has 2 heteroatoms. The van der Waals surface area contributed by atoms with Gasteiger partial charge in [0.05, 0.1) is 6.07 Å². The highest BCUT2D eigenvalue weighted by molar-refractivity contribution is 5.51. The number of aromatic nitrogens is 1. The molecule has 0 spiro atoms. The summed E-state index contributed by atoms with van der Waals surface area (Å²) in [5.41, 5.74) is 2.08. The van der Waals surface area contributed by atoms with Gasteiger partial charge in [-0.25, -0.2) is 0 Å². The van der Waals surface area contributed by atoms with Gasteiger partial charge in [0.15, 0.2) is 0 Å². The Morgan fingerprint density at radius 1 is 1.54 bits per heavy atom. The van der Waals surface area contributed by atoms with Gasteiger partial charge in [0, 0.05) is 18.0 Å². The van der Waals surface area contributed by atoms with Crippen LogP contribution in [0, 0.1) is 11.3 Å². The molecule has 0 bridgehead atoms. The maximum atomic E-state index is 8.35. The number of nitrogens with zero attached hydrogens (tertiary/aromatic N) is 2. The summed E-state index contributed by atoms with van der Waals surface area (Å²) in [7, 11) is 0. The highest BCUT2D eigenvalue weighted by Crippen LogP contribution is 2.13. The van der Waals surface area contributed by atoms with Gasteiger partial charge >= 0.3 is 0 Å². The molecule has 0 unspecified atom stereocenters. The number of pyridine rings is 1. The minimum absolute atomic E-state index is 0.426. The van der Waals surface area contributed by atoms with Crippen molar-refractivity contribution in [2.45, 2.75) is 19.8 Å². The van der Waals surface area contributed by atoms with Crippen molar-refractivity contribution in [2.75, 3.05) is 0 Å². The molecule has 0 aliphatic heterocycles. The molecule has 1 aromatic heterocycles. The van der Waals surface area contributed by atoms with E-state index in [0.717, 1.165) is 11.3 Å². The Kier molecular flexibility index (Phi) is 3.22. The van der Waals surface area contributed by atoms with Crippen LogP contribution in [-0.4, -0.2) is 4.98 Å². The summed E-state index contributed by atoms with van der Waals surface area (Å²) in [6, 6.07) is 5.85. The predicted octanol–water partition coefficient (Wildman–Crippen LogP) is 2.74. The minimum Gasteiger partial charge on any atom is -0.261 e. The molecule has 1 heterocycles. The van der Waals surface area contributed by atoms with E-state index in [1.165, 1.54) is 6.08 Å². The highest BCUT2D eigenvalue weighted by Gasteiger charge is 1.99. The number of hydrogen-bond donors (Lipinski definition) is 0. The van der Waals surface area contributed by atoms with Crippen LogP contribution in [0.4, 0.5) is 0 Å². The lowest BCUT2D eigenvalue weighted by atomic mass is 10.1. The van der Waals surface area contributed by atoms with Crippen LogP contribution in [0.15, 0.2) is 24.4 Å². The Labute approximate surface area is 78.5 Å². The summed E-state index contributed by atoms with van der Waals surface area (Å²) in [4.78, 5) is 4.23. The van der Waals surface area contributed by atoms with Gasteiger partial charge in [0.2, 0.25) is 0 Å². The lowest BCUT2D eigenvalue weighted by molar-refractivity contribution is 0.822. The van der Waals surface area contributed by atoms with E-state index in [2.05, 4.69) is 18.8 Å². The lowest BCUT2D eigenvalue weighted by Gasteiger charge is -2.03. The van der Waals surface area contributed by atoms with Crippen molar-refractivity contribution in [3.8, 4) is 6.07 Å². The fraction of sp³-hybridized carbons (Fsp3) is 0.273. The van der Waals surface area contributed by atoms with Gasteiger partial charge in [-0.15, -0.1) is 0 Å². The molecule has 0 fully saturated rings. The smallest absolute Gasteiger partial charge is 0.0912 e. The molecule has 0 saturated heterocycles. The second kappa shape index (κ2) is 4.42. The maximum Gasteiger partial charge on any atom is 0.0912 e. The number of hydrogen-bond acceptors (Lipinski definition) is 2. The summed E-state index contributed by atoms with van der Waals surface area (Å²) in [6.45, 7) is 4.19. The van der Waals surface area contributed by atoms with Gasteiger partial charge in [-0.3, -0.25) is 4.98 Å². The first-order valence-electron chi connectivity index (χ1n) is 4.26. The van der Waals surface area contributed by atoms with E-state index in [-0.39, 0.29) is 0 Å². The van der Waals surface area contributed by atoms with Gasteiger partial charge in [0.25, 0.3) is 0 Å². The average molecular weight is 172 g/mol. The van der Waals surface area contributed by atoms with Gasteiger partial charge in [-0.05, 0) is 29.7 Å². The highest BCUT2D eigenvalue weighted by atomic mass is 14.7. The normalized spacial score (nSPS) is 10.6. The van der Waals surface area contributed by atoms with Crippen molar-refractivity contribution in [1.29, 1.82) is 5.26 Å². The number of nitriles is 1. The van der Waals surface area contributed by atoms with Crippen molar-refractivity contribution in [3.63, 3.8) is 0 Å². The first kappa shape index (κ1) is 9.47. The minimum atomic E-state index is 0.426. The quantitative estimate of drug-likeness (QED) is 0.643. The van der Waals surface area contributed by atoms with Crippen molar-refractivity contribution >= 4 is 6.08 Å². The van der Waals surface area contributed by atoms with E-state index < -0.39 is 0 Å². The molecule has 1 aromatic rings. The molecule has 0 N–H and O–H groups in total. The molecule has 0 saturated carbocycles. The van der Waals surface area contributed by atoms with Crippen LogP contribution in [0.5, 0.6) is 0 Å². The topological polar surface area (TPSA) is 36.7 Å². The van der Waals surface area contributed by atoms with Crippen LogP contribution in [0.25, 0.3) is 6.08 Å². The largest absolute Gasteiger partial charge is 0.261 e. The van der Waals surface area contributed by atoms with Crippen LogP contribution < -0.4 is 0 Å². The molecule has 1 rings (SSSR count). The summed E-state index contributed by atoms with van der Waals surface area (Å²) in [5.74, 6) is 0.426. The van der Waals surface area contributed by atoms with Crippen LogP contribution in [0.1, 0.15) is 31.0 Å². The average Bonchev–Trinajstić information content (AvgIpc) is 2.15. The zero-order valence-corrected chi connectivity index (χ0v) is 7.86. The standard InChI is InChI=1S/C11H12N2/c1-9(2)11-8-10(4-3-6-12)5-7-13-11/h3-5,7-9H,1-2H3/b4-3+. The van der Waals surface area contributed by atoms with Crippen LogP contribution in [0.2, 0.25) is 0 Å². The molecule has 13 heavy (non-hydrogen) atoms. The molecule has 0 amide bonds. The van der Waals surface area contributed by atoms with Gasteiger partial charge in [0.1, 0.15) is 0 Å². The third-order valence-corrected chi connectivity index (χ3v) is 1.75. The zero-order valence-electron chi connectivity index (χ0n) is 7.86. The van der Waals surface area contributed by atoms with Crippen molar-refractivity contribution in [3.05, 3.63) is 35.7 Å².